The van der Waals surface area contributed by atoms with Crippen molar-refractivity contribution in [1.82, 2.24) is 0 Å². The third-order valence-electron chi connectivity index (χ3n) is 16.0. The van der Waals surface area contributed by atoms with Gasteiger partial charge >= 0.3 is 5.87 Å². The van der Waals surface area contributed by atoms with Gasteiger partial charge in [-0.15, -0.1) is 4.79 Å². The lowest BCUT2D eigenvalue weighted by Gasteiger charge is -2.17. The fourth-order valence-electron chi connectivity index (χ4n) is 11.1. The number of hydrogen-bond acceptors (Lipinski definition) is 0. The van der Waals surface area contributed by atoms with Crippen LogP contribution >= 0.6 is 0 Å². The molecule has 0 aliphatic carbocycles. The highest BCUT2D eigenvalue weighted by Crippen LogP contribution is 2.34. The van der Waals surface area contributed by atoms with Gasteiger partial charge in [0.15, 0.2) is 0 Å². The van der Waals surface area contributed by atoms with Crippen LogP contribution < -0.4 is 0 Å². The Hall–Kier alpha value is -2.92. The van der Waals surface area contributed by atoms with Crippen LogP contribution in [-0.2, 0) is 12.8 Å². The SMILES string of the molecule is CCCCCCCCCCCCCCCCCCCCCCC=CC(=C=[N+]=[N-])C(CCCC)=C(c1ccc(CCCC)cc1)c1ccc(CCCCCCCCCCCCCCCCCCCCCCC)cc1. The lowest BCUT2D eigenvalue weighted by atomic mass is 9.86. The maximum atomic E-state index is 9.96. The summed E-state index contributed by atoms with van der Waals surface area (Å²) in [6, 6.07) is 18.8. The third-order valence-corrected chi connectivity index (χ3v) is 16.0. The second kappa shape index (κ2) is 51.2. The van der Waals surface area contributed by atoms with E-state index in [0.717, 1.165) is 44.1 Å². The summed E-state index contributed by atoms with van der Waals surface area (Å²) < 4.78 is 0. The number of unbranched alkanes of at least 4 members (excludes halogenated alkanes) is 42. The fraction of sp³-hybridized carbons (Fsp3) is 0.746. The molecule has 0 aliphatic rings. The van der Waals surface area contributed by atoms with Crippen LogP contribution in [0.2, 0.25) is 0 Å². The van der Waals surface area contributed by atoms with E-state index in [4.69, 9.17) is 0 Å². The monoisotopic (exact) mass is 1000 g/mol. The van der Waals surface area contributed by atoms with E-state index in [1.807, 2.05) is 0 Å². The molecule has 0 saturated heterocycles. The van der Waals surface area contributed by atoms with Crippen LogP contribution in [0.5, 0.6) is 0 Å². The molecule has 2 aromatic rings. The van der Waals surface area contributed by atoms with Crippen molar-refractivity contribution in [3.63, 3.8) is 0 Å². The van der Waals surface area contributed by atoms with Crippen LogP contribution in [-0.4, -0.2) is 10.7 Å². The smallest absolute Gasteiger partial charge is 0.307 e. The van der Waals surface area contributed by atoms with Gasteiger partial charge < -0.3 is 5.53 Å². The van der Waals surface area contributed by atoms with Gasteiger partial charge in [0.25, 0.3) is 0 Å². The maximum Gasteiger partial charge on any atom is 0.307 e. The average Bonchev–Trinajstić information content (AvgIpc) is 3.41. The Labute approximate surface area is 456 Å². The van der Waals surface area contributed by atoms with Crippen molar-refractivity contribution >= 4 is 11.4 Å². The summed E-state index contributed by atoms with van der Waals surface area (Å²) in [5.74, 6) is 3.06. The van der Waals surface area contributed by atoms with E-state index in [9.17, 15) is 5.53 Å². The zero-order valence-electron chi connectivity index (χ0n) is 49.3. The van der Waals surface area contributed by atoms with Crippen LogP contribution in [0.3, 0.4) is 0 Å². The van der Waals surface area contributed by atoms with Crippen molar-refractivity contribution in [1.29, 1.82) is 0 Å². The highest BCUT2D eigenvalue weighted by molar-refractivity contribution is 5.88. The molecule has 414 valence electrons. The molecule has 2 heteroatoms. The predicted octanol–water partition coefficient (Wildman–Crippen LogP) is 24.4. The Kier molecular flexibility index (Phi) is 46.4. The van der Waals surface area contributed by atoms with Crippen LogP contribution in [0.4, 0.5) is 0 Å². The molecule has 0 fully saturated rings. The molecular weight excluding hydrogens is 881 g/mol. The van der Waals surface area contributed by atoms with E-state index in [1.165, 1.54) is 309 Å². The lowest BCUT2D eigenvalue weighted by Crippen LogP contribution is -2.00. The summed E-state index contributed by atoms with van der Waals surface area (Å²) >= 11 is 0. The summed E-state index contributed by atoms with van der Waals surface area (Å²) in [6.07, 6.45) is 71.4. The first kappa shape index (κ1) is 66.2. The van der Waals surface area contributed by atoms with Gasteiger partial charge in [-0.3, -0.25) is 0 Å². The normalized spacial score (nSPS) is 11.9. The number of aryl methyl sites for hydroxylation is 2. The van der Waals surface area contributed by atoms with Crippen LogP contribution in [0, 0.1) is 0 Å². The highest BCUT2D eigenvalue weighted by atomic mass is 14.8. The first-order valence-corrected chi connectivity index (χ1v) is 32.7. The van der Waals surface area contributed by atoms with Gasteiger partial charge in [-0.05, 0) is 90.8 Å². The van der Waals surface area contributed by atoms with E-state index in [-0.39, 0.29) is 0 Å². The minimum absolute atomic E-state index is 0.915. The summed E-state index contributed by atoms with van der Waals surface area (Å²) in [5.41, 5.74) is 18.7. The van der Waals surface area contributed by atoms with Crippen molar-refractivity contribution in [3.8, 4) is 0 Å². The predicted molar refractivity (Wildman–Crippen MR) is 327 cm³/mol. The Morgan fingerprint density at radius 1 is 0.356 bits per heavy atom. The molecule has 0 aliphatic heterocycles. The average molecular weight is 1000 g/mol. The maximum absolute atomic E-state index is 9.96. The lowest BCUT2D eigenvalue weighted by molar-refractivity contribution is 0.00766. The molecule has 0 N–H and O–H groups in total. The molecule has 0 saturated carbocycles. The quantitative estimate of drug-likeness (QED) is 0.0208. The molecule has 0 amide bonds. The Bertz CT molecular complexity index is 1650. The first-order chi connectivity index (χ1) is 36.2. The van der Waals surface area contributed by atoms with E-state index >= 15 is 0 Å². The number of rotatable bonds is 53. The Balaban J connectivity index is 1.80. The van der Waals surface area contributed by atoms with Gasteiger partial charge in [0.2, 0.25) is 0 Å². The summed E-state index contributed by atoms with van der Waals surface area (Å²) in [5, 5.41) is 0. The number of benzene rings is 2. The van der Waals surface area contributed by atoms with Gasteiger partial charge in [0.05, 0.1) is 0 Å². The van der Waals surface area contributed by atoms with E-state index in [2.05, 4.69) is 99.0 Å². The van der Waals surface area contributed by atoms with Crippen molar-refractivity contribution in [3.05, 3.63) is 99.6 Å². The van der Waals surface area contributed by atoms with Gasteiger partial charge in [-0.2, -0.15) is 0 Å². The number of hydrogen-bond donors (Lipinski definition) is 0. The van der Waals surface area contributed by atoms with Crippen molar-refractivity contribution in [2.24, 2.45) is 0 Å². The van der Waals surface area contributed by atoms with E-state index in [0.29, 0.717) is 0 Å². The van der Waals surface area contributed by atoms with Crippen LogP contribution in [0.25, 0.3) is 11.1 Å². The topological polar surface area (TPSA) is 36.4 Å². The minimum Gasteiger partial charge on any atom is -0.348 e. The van der Waals surface area contributed by atoms with Gasteiger partial charge in [0, 0.05) is 0 Å². The molecule has 0 aromatic heterocycles. The van der Waals surface area contributed by atoms with E-state index < -0.39 is 0 Å². The molecular formula is C71H120N2. The van der Waals surface area contributed by atoms with E-state index in [1.54, 1.807) is 0 Å². The second-order valence-corrected chi connectivity index (χ2v) is 22.8. The van der Waals surface area contributed by atoms with Crippen LogP contribution in [0.1, 0.15) is 352 Å². The van der Waals surface area contributed by atoms with Crippen LogP contribution in [0.15, 0.2) is 71.8 Å². The van der Waals surface area contributed by atoms with Crippen molar-refractivity contribution in [2.75, 3.05) is 0 Å². The molecule has 0 heterocycles. The van der Waals surface area contributed by atoms with Crippen molar-refractivity contribution in [2.45, 2.75) is 342 Å². The zero-order chi connectivity index (χ0) is 52.2. The fourth-order valence-corrected chi connectivity index (χ4v) is 11.1. The number of nitrogens with zero attached hydrogens (tertiary/aromatic N) is 2. The van der Waals surface area contributed by atoms with Crippen molar-refractivity contribution < 1.29 is 4.79 Å². The summed E-state index contributed by atoms with van der Waals surface area (Å²) in [4.78, 5) is 3.53. The number of allylic oxidation sites excluding steroid dienone is 4. The minimum atomic E-state index is 0.915. The zero-order valence-corrected chi connectivity index (χ0v) is 49.3. The third kappa shape index (κ3) is 37.5. The molecule has 73 heavy (non-hydrogen) atoms. The molecule has 0 spiro atoms. The first-order valence-electron chi connectivity index (χ1n) is 32.7. The molecule has 0 atom stereocenters. The van der Waals surface area contributed by atoms with Gasteiger partial charge in [-0.1, -0.05) is 346 Å². The molecule has 2 rings (SSSR count). The largest absolute Gasteiger partial charge is 0.348 e. The molecule has 2 aromatic carbocycles. The Morgan fingerprint density at radius 3 is 0.959 bits per heavy atom. The summed E-state index contributed by atoms with van der Waals surface area (Å²) in [6.45, 7) is 9.16. The van der Waals surface area contributed by atoms with Gasteiger partial charge in [0.1, 0.15) is 5.57 Å². The highest BCUT2D eigenvalue weighted by Gasteiger charge is 2.17. The van der Waals surface area contributed by atoms with Gasteiger partial charge in [-0.25, -0.2) is 0 Å². The molecule has 0 unspecified atom stereocenters. The summed E-state index contributed by atoms with van der Waals surface area (Å²) in [7, 11) is 0. The molecule has 2 nitrogen and oxygen atoms in total. The second-order valence-electron chi connectivity index (χ2n) is 22.8. The Morgan fingerprint density at radius 2 is 0.644 bits per heavy atom. The molecule has 0 bridgehead atoms. The standard InChI is InChI=1S/C71H120N2/c1-5-9-13-15-17-19-21-23-25-27-29-31-33-35-37-39-41-43-45-47-49-51-54-69(64-73-72)70(55-12-8-4)71(67-60-56-65(57-61-67)52-11-7-3)68-62-58-66(59-63-68)53-50-48-46-44-42-40-38-36-34-32-30-28-26-24-22-20-18-16-14-10-6-2/h51,54,56-63H,5-50,52-53,55H2,1-4H3. The molecule has 0 radical (unpaired) electrons.